The summed E-state index contributed by atoms with van der Waals surface area (Å²) in [5.74, 6) is -0.756. The van der Waals surface area contributed by atoms with Gasteiger partial charge >= 0.3 is 0 Å². The normalized spacial score (nSPS) is 14.8. The van der Waals surface area contributed by atoms with Crippen molar-refractivity contribution in [1.82, 2.24) is 16.0 Å². The molecule has 7 nitrogen and oxygen atoms in total. The van der Waals surface area contributed by atoms with Crippen molar-refractivity contribution >= 4 is 35.3 Å². The van der Waals surface area contributed by atoms with E-state index in [9.17, 15) is 14.4 Å². The van der Waals surface area contributed by atoms with Crippen molar-refractivity contribution in [2.75, 3.05) is 6.54 Å². The number of rotatable bonds is 4. The van der Waals surface area contributed by atoms with Gasteiger partial charge in [-0.05, 0) is 17.7 Å². The zero-order valence-corrected chi connectivity index (χ0v) is 12.6. The summed E-state index contributed by atoms with van der Waals surface area (Å²) in [6.45, 7) is 1.38. The summed E-state index contributed by atoms with van der Waals surface area (Å²) in [5.41, 5.74) is 0.757. The summed E-state index contributed by atoms with van der Waals surface area (Å²) in [7, 11) is 0. The van der Waals surface area contributed by atoms with E-state index in [4.69, 9.17) is 11.6 Å². The molecule has 0 aliphatic carbocycles. The fourth-order valence-electron chi connectivity index (χ4n) is 1.99. The lowest BCUT2D eigenvalue weighted by Gasteiger charge is -2.18. The lowest BCUT2D eigenvalue weighted by molar-refractivity contribution is -0.121. The van der Waals surface area contributed by atoms with Crippen LogP contribution in [0.5, 0.6) is 0 Å². The topological polar surface area (TPSA) is 99.7 Å². The Bertz CT molecular complexity index is 627. The Morgan fingerprint density at radius 1 is 1.36 bits per heavy atom. The van der Waals surface area contributed by atoms with E-state index >= 15 is 0 Å². The monoisotopic (exact) mass is 322 g/mol. The van der Waals surface area contributed by atoms with Crippen molar-refractivity contribution in [3.63, 3.8) is 0 Å². The van der Waals surface area contributed by atoms with E-state index in [0.717, 1.165) is 5.56 Å². The molecule has 1 aromatic carbocycles. The minimum atomic E-state index is -0.493. The van der Waals surface area contributed by atoms with Crippen molar-refractivity contribution in [2.24, 2.45) is 4.99 Å². The first kappa shape index (κ1) is 16.0. The Hall–Kier alpha value is -2.41. The van der Waals surface area contributed by atoms with Crippen LogP contribution in [0, 0.1) is 0 Å². The number of hydrogen-bond acceptors (Lipinski definition) is 4. The van der Waals surface area contributed by atoms with E-state index < -0.39 is 6.04 Å². The maximum atomic E-state index is 12.0. The predicted octanol–water partition coefficient (Wildman–Crippen LogP) is 0.509. The van der Waals surface area contributed by atoms with Gasteiger partial charge in [0, 0.05) is 11.9 Å². The molecule has 1 aromatic rings. The second kappa shape index (κ2) is 7.04. The zero-order valence-electron chi connectivity index (χ0n) is 11.9. The molecule has 1 aliphatic heterocycles. The summed E-state index contributed by atoms with van der Waals surface area (Å²) in [4.78, 5) is 38.2. The van der Waals surface area contributed by atoms with Crippen molar-refractivity contribution < 1.29 is 14.4 Å². The molecule has 0 spiro atoms. The van der Waals surface area contributed by atoms with Crippen molar-refractivity contribution in [2.45, 2.75) is 19.4 Å². The molecule has 1 heterocycles. The van der Waals surface area contributed by atoms with E-state index in [1.165, 1.54) is 6.92 Å². The smallest absolute Gasteiger partial charge is 0.248 e. The highest BCUT2D eigenvalue weighted by Crippen LogP contribution is 2.19. The Morgan fingerprint density at radius 2 is 2.05 bits per heavy atom. The lowest BCUT2D eigenvalue weighted by atomic mass is 10.0. The number of nitrogens with zero attached hydrogens (tertiary/aromatic N) is 1. The molecular formula is C14H15ClN4O3. The van der Waals surface area contributed by atoms with Crippen LogP contribution in [0.1, 0.15) is 24.9 Å². The average Bonchev–Trinajstić information content (AvgIpc) is 2.83. The fourth-order valence-corrected chi connectivity index (χ4v) is 2.12. The number of guanidine groups is 1. The van der Waals surface area contributed by atoms with Gasteiger partial charge in [0.2, 0.25) is 23.7 Å². The van der Waals surface area contributed by atoms with Gasteiger partial charge in [0.15, 0.2) is 0 Å². The number of hydrogen-bond donors (Lipinski definition) is 3. The van der Waals surface area contributed by atoms with Crippen LogP contribution in [-0.4, -0.2) is 30.2 Å². The molecule has 0 bridgehead atoms. The second-order valence-corrected chi connectivity index (χ2v) is 5.21. The summed E-state index contributed by atoms with van der Waals surface area (Å²) >= 11 is 5.83. The summed E-state index contributed by atoms with van der Waals surface area (Å²) in [5, 5.41) is 8.19. The third-order valence-corrected chi connectivity index (χ3v) is 3.19. The summed E-state index contributed by atoms with van der Waals surface area (Å²) in [6, 6.07) is 6.36. The molecule has 0 unspecified atom stereocenters. The average molecular weight is 323 g/mol. The third kappa shape index (κ3) is 4.56. The molecule has 0 aromatic heterocycles. The molecule has 2 rings (SSSR count). The van der Waals surface area contributed by atoms with Crippen LogP contribution in [-0.2, 0) is 14.4 Å². The number of aliphatic imine (C=N–C) groups is 1. The number of nitrogens with one attached hydrogen (secondary N) is 3. The van der Waals surface area contributed by atoms with E-state index in [1.54, 1.807) is 24.3 Å². The first-order valence-electron chi connectivity index (χ1n) is 6.61. The first-order valence-corrected chi connectivity index (χ1v) is 6.98. The highest BCUT2D eigenvalue weighted by Gasteiger charge is 2.20. The summed E-state index contributed by atoms with van der Waals surface area (Å²) in [6.07, 6.45) is 0.0100. The van der Waals surface area contributed by atoms with Crippen molar-refractivity contribution in [1.29, 1.82) is 0 Å². The Kier molecular flexibility index (Phi) is 5.11. The molecule has 1 atom stereocenters. The maximum absolute atomic E-state index is 12.0. The van der Waals surface area contributed by atoms with Crippen molar-refractivity contribution in [3.8, 4) is 0 Å². The second-order valence-electron chi connectivity index (χ2n) is 4.77. The molecule has 22 heavy (non-hydrogen) atoms. The highest BCUT2D eigenvalue weighted by atomic mass is 35.5. The van der Waals surface area contributed by atoms with Gasteiger partial charge in [-0.3, -0.25) is 25.0 Å². The first-order chi connectivity index (χ1) is 10.4. The Balaban J connectivity index is 2.03. The van der Waals surface area contributed by atoms with Gasteiger partial charge in [-0.25, -0.2) is 4.99 Å². The van der Waals surface area contributed by atoms with Gasteiger partial charge in [0.25, 0.3) is 0 Å². The number of benzene rings is 1. The molecule has 0 radical (unpaired) electrons. The largest absolute Gasteiger partial charge is 0.349 e. The molecule has 3 N–H and O–H groups in total. The third-order valence-electron chi connectivity index (χ3n) is 2.94. The van der Waals surface area contributed by atoms with E-state index in [-0.39, 0.29) is 36.6 Å². The SMILES string of the molecule is CC(=O)N[C@@H](CC(=O)NC1=NCC(=O)N1)c1ccc(Cl)cc1. The van der Waals surface area contributed by atoms with E-state index in [0.29, 0.717) is 5.02 Å². The fraction of sp³-hybridized carbons (Fsp3) is 0.286. The lowest BCUT2D eigenvalue weighted by Crippen LogP contribution is -2.41. The Labute approximate surface area is 132 Å². The number of carbonyl (C=O) groups excluding carboxylic acids is 3. The molecule has 116 valence electrons. The molecule has 3 amide bonds. The van der Waals surface area contributed by atoms with Crippen LogP contribution >= 0.6 is 11.6 Å². The number of amides is 3. The standard InChI is InChI=1S/C14H15ClN4O3/c1-8(20)17-11(9-2-4-10(15)5-3-9)6-12(21)18-14-16-7-13(22)19-14/h2-5,11H,6-7H2,1H3,(H,17,20)(H2,16,18,19,21,22)/t11-/m0/s1. The predicted molar refractivity (Wildman–Crippen MR) is 81.2 cm³/mol. The van der Waals surface area contributed by atoms with Crippen LogP contribution in [0.25, 0.3) is 0 Å². The molecule has 0 saturated heterocycles. The maximum Gasteiger partial charge on any atom is 0.248 e. The minimum absolute atomic E-state index is 0.00191. The molecule has 0 fully saturated rings. The number of halogens is 1. The van der Waals surface area contributed by atoms with Gasteiger partial charge in [0.1, 0.15) is 6.54 Å². The van der Waals surface area contributed by atoms with Crippen molar-refractivity contribution in [3.05, 3.63) is 34.9 Å². The van der Waals surface area contributed by atoms with Gasteiger partial charge in [-0.1, -0.05) is 23.7 Å². The van der Waals surface area contributed by atoms with Crippen LogP contribution in [0.4, 0.5) is 0 Å². The molecule has 0 saturated carbocycles. The van der Waals surface area contributed by atoms with Gasteiger partial charge in [-0.2, -0.15) is 0 Å². The quantitative estimate of drug-likeness (QED) is 0.753. The van der Waals surface area contributed by atoms with Gasteiger partial charge in [0.05, 0.1) is 12.5 Å². The van der Waals surface area contributed by atoms with Crippen LogP contribution in [0.2, 0.25) is 5.02 Å². The van der Waals surface area contributed by atoms with Crippen LogP contribution < -0.4 is 16.0 Å². The summed E-state index contributed by atoms with van der Waals surface area (Å²) < 4.78 is 0. The molecule has 8 heteroatoms. The number of carbonyl (C=O) groups is 3. The minimum Gasteiger partial charge on any atom is -0.349 e. The van der Waals surface area contributed by atoms with E-state index in [1.807, 2.05) is 0 Å². The van der Waals surface area contributed by atoms with Gasteiger partial charge < -0.3 is 5.32 Å². The molecular weight excluding hydrogens is 308 g/mol. The molecule has 1 aliphatic rings. The van der Waals surface area contributed by atoms with E-state index in [2.05, 4.69) is 20.9 Å². The van der Waals surface area contributed by atoms with Crippen LogP contribution in [0.3, 0.4) is 0 Å². The van der Waals surface area contributed by atoms with Crippen LogP contribution in [0.15, 0.2) is 29.3 Å². The Morgan fingerprint density at radius 3 is 2.59 bits per heavy atom. The van der Waals surface area contributed by atoms with Gasteiger partial charge in [-0.15, -0.1) is 0 Å². The zero-order chi connectivity index (χ0) is 16.1. The highest BCUT2D eigenvalue weighted by molar-refractivity contribution is 6.30.